The van der Waals surface area contributed by atoms with Gasteiger partial charge in [-0.15, -0.1) is 0 Å². The van der Waals surface area contributed by atoms with Crippen molar-refractivity contribution in [2.24, 2.45) is 0 Å². The summed E-state index contributed by atoms with van der Waals surface area (Å²) < 4.78 is 23.6. The van der Waals surface area contributed by atoms with Crippen molar-refractivity contribution in [2.75, 3.05) is 13.7 Å². The molecule has 0 aliphatic carbocycles. The molecule has 2 rings (SSSR count). The zero-order chi connectivity index (χ0) is 18.9. The van der Waals surface area contributed by atoms with Gasteiger partial charge >= 0.3 is 0 Å². The molecule has 26 heavy (non-hydrogen) atoms. The molecule has 0 spiro atoms. The topological polar surface area (TPSA) is 76.7 Å². The minimum Gasteiger partial charge on any atom is -0.496 e. The van der Waals surface area contributed by atoms with E-state index in [2.05, 4.69) is 10.9 Å². The van der Waals surface area contributed by atoms with Gasteiger partial charge in [0.15, 0.2) is 18.2 Å². The third-order valence-electron chi connectivity index (χ3n) is 3.32. The first-order valence-electron chi connectivity index (χ1n) is 7.78. The third-order valence-corrected chi connectivity index (χ3v) is 3.32. The number of carbonyl (C=O) groups is 2. The van der Waals surface area contributed by atoms with Crippen LogP contribution in [0.4, 0.5) is 4.39 Å². The highest BCUT2D eigenvalue weighted by molar-refractivity contribution is 5.93. The zero-order valence-corrected chi connectivity index (χ0v) is 14.4. The van der Waals surface area contributed by atoms with E-state index in [1.54, 1.807) is 18.2 Å². The number of hydrogen-bond acceptors (Lipinski definition) is 4. The van der Waals surface area contributed by atoms with Crippen LogP contribution in [-0.4, -0.2) is 25.5 Å². The first-order chi connectivity index (χ1) is 12.5. The van der Waals surface area contributed by atoms with Gasteiger partial charge in [-0.1, -0.05) is 23.8 Å². The van der Waals surface area contributed by atoms with Gasteiger partial charge < -0.3 is 9.47 Å². The van der Waals surface area contributed by atoms with Gasteiger partial charge in [-0.25, -0.2) is 4.39 Å². The van der Waals surface area contributed by atoms with Gasteiger partial charge in [-0.05, 0) is 37.3 Å². The lowest BCUT2D eigenvalue weighted by atomic mass is 10.1. The number of hydrazine groups is 1. The van der Waals surface area contributed by atoms with Gasteiger partial charge in [0.05, 0.1) is 7.11 Å². The molecule has 0 saturated carbocycles. The molecule has 0 atom stereocenters. The highest BCUT2D eigenvalue weighted by Crippen LogP contribution is 2.20. The minimum atomic E-state index is -0.622. The van der Waals surface area contributed by atoms with Crippen LogP contribution in [0.1, 0.15) is 11.1 Å². The number of rotatable bonds is 6. The number of benzene rings is 2. The Balaban J connectivity index is 1.82. The van der Waals surface area contributed by atoms with Crippen molar-refractivity contribution in [1.82, 2.24) is 10.9 Å². The molecule has 0 unspecified atom stereocenters. The molecule has 7 heteroatoms. The van der Waals surface area contributed by atoms with Crippen molar-refractivity contribution in [1.29, 1.82) is 0 Å². The minimum absolute atomic E-state index is 0.0413. The van der Waals surface area contributed by atoms with E-state index in [1.165, 1.54) is 31.4 Å². The molecule has 2 amide bonds. The number of methoxy groups -OCH3 is 1. The number of carbonyl (C=O) groups excluding carboxylic acids is 2. The highest BCUT2D eigenvalue weighted by Gasteiger charge is 2.07. The summed E-state index contributed by atoms with van der Waals surface area (Å²) in [4.78, 5) is 23.4. The quantitative estimate of drug-likeness (QED) is 0.614. The number of ether oxygens (including phenoxy) is 2. The molecule has 0 heterocycles. The number of para-hydroxylation sites is 1. The van der Waals surface area contributed by atoms with E-state index in [0.29, 0.717) is 5.75 Å². The second kappa shape index (κ2) is 9.22. The molecule has 0 aliphatic rings. The van der Waals surface area contributed by atoms with Crippen molar-refractivity contribution in [3.8, 4) is 11.5 Å². The van der Waals surface area contributed by atoms with Crippen LogP contribution in [-0.2, 0) is 9.59 Å². The van der Waals surface area contributed by atoms with E-state index in [0.717, 1.165) is 11.1 Å². The lowest BCUT2D eigenvalue weighted by Crippen LogP contribution is -2.43. The van der Waals surface area contributed by atoms with Crippen molar-refractivity contribution < 1.29 is 23.5 Å². The standard InChI is InChI=1S/C19H19FN2O4/c1-13-7-9-16(25-2)14(11-13)8-10-18(23)21-22-19(24)12-26-17-6-4-3-5-15(17)20/h3-11H,12H2,1-2H3,(H,21,23)(H,22,24)/b10-8+. The first kappa shape index (κ1) is 19.0. The van der Waals surface area contributed by atoms with E-state index >= 15 is 0 Å². The summed E-state index contributed by atoms with van der Waals surface area (Å²) in [7, 11) is 1.54. The fourth-order valence-corrected chi connectivity index (χ4v) is 2.06. The maximum Gasteiger partial charge on any atom is 0.276 e. The molecule has 0 bridgehead atoms. The number of hydrogen-bond donors (Lipinski definition) is 2. The second-order valence-electron chi connectivity index (χ2n) is 5.34. The van der Waals surface area contributed by atoms with Gasteiger partial charge in [-0.2, -0.15) is 0 Å². The highest BCUT2D eigenvalue weighted by atomic mass is 19.1. The van der Waals surface area contributed by atoms with Crippen LogP contribution in [0.2, 0.25) is 0 Å². The lowest BCUT2D eigenvalue weighted by Gasteiger charge is -2.08. The maximum absolute atomic E-state index is 13.4. The third kappa shape index (κ3) is 5.62. The number of nitrogens with one attached hydrogen (secondary N) is 2. The summed E-state index contributed by atoms with van der Waals surface area (Å²) in [6.07, 6.45) is 2.83. The number of amides is 2. The van der Waals surface area contributed by atoms with Gasteiger partial charge in [0.2, 0.25) is 0 Å². The van der Waals surface area contributed by atoms with E-state index in [1.807, 2.05) is 19.1 Å². The van der Waals surface area contributed by atoms with Crippen LogP contribution >= 0.6 is 0 Å². The van der Waals surface area contributed by atoms with Crippen LogP contribution in [0.3, 0.4) is 0 Å². The van der Waals surface area contributed by atoms with Gasteiger partial charge in [0.1, 0.15) is 5.75 Å². The molecule has 0 aliphatic heterocycles. The SMILES string of the molecule is COc1ccc(C)cc1/C=C/C(=O)NNC(=O)COc1ccccc1F. The Bertz CT molecular complexity index is 821. The maximum atomic E-state index is 13.4. The van der Waals surface area contributed by atoms with Crippen LogP contribution in [0, 0.1) is 12.7 Å². The summed E-state index contributed by atoms with van der Waals surface area (Å²) in [6.45, 7) is 1.49. The summed E-state index contributed by atoms with van der Waals surface area (Å²) in [5.74, 6) is -1.14. The zero-order valence-electron chi connectivity index (χ0n) is 14.4. The van der Waals surface area contributed by atoms with Crippen LogP contribution < -0.4 is 20.3 Å². The molecule has 136 valence electrons. The monoisotopic (exact) mass is 358 g/mol. The molecular formula is C19H19FN2O4. The molecule has 2 aromatic carbocycles. The van der Waals surface area contributed by atoms with Gasteiger partial charge in [0.25, 0.3) is 11.8 Å². The molecule has 6 nitrogen and oxygen atoms in total. The molecule has 0 radical (unpaired) electrons. The Morgan fingerprint density at radius 3 is 2.62 bits per heavy atom. The van der Waals surface area contributed by atoms with E-state index in [4.69, 9.17) is 9.47 Å². The summed E-state index contributed by atoms with van der Waals surface area (Å²) in [5.41, 5.74) is 6.15. The first-order valence-corrected chi connectivity index (χ1v) is 7.78. The van der Waals surface area contributed by atoms with Crippen LogP contribution in [0.5, 0.6) is 11.5 Å². The predicted octanol–water partition coefficient (Wildman–Crippen LogP) is 2.38. The summed E-state index contributed by atoms with van der Waals surface area (Å²) >= 11 is 0. The van der Waals surface area contributed by atoms with Gasteiger partial charge in [0, 0.05) is 11.6 Å². The van der Waals surface area contributed by atoms with E-state index in [-0.39, 0.29) is 5.75 Å². The largest absolute Gasteiger partial charge is 0.496 e. The van der Waals surface area contributed by atoms with Crippen molar-refractivity contribution in [3.05, 3.63) is 65.5 Å². The molecular weight excluding hydrogens is 339 g/mol. The lowest BCUT2D eigenvalue weighted by molar-refractivity contribution is -0.128. The van der Waals surface area contributed by atoms with Gasteiger partial charge in [-0.3, -0.25) is 20.4 Å². The summed E-state index contributed by atoms with van der Waals surface area (Å²) in [6, 6.07) is 11.3. The average molecular weight is 358 g/mol. The Morgan fingerprint density at radius 1 is 1.12 bits per heavy atom. The van der Waals surface area contributed by atoms with Crippen LogP contribution in [0.25, 0.3) is 6.08 Å². The van der Waals surface area contributed by atoms with Crippen molar-refractivity contribution in [2.45, 2.75) is 6.92 Å². The summed E-state index contributed by atoms with van der Waals surface area (Å²) in [5, 5.41) is 0. The predicted molar refractivity (Wildman–Crippen MR) is 94.9 cm³/mol. The smallest absolute Gasteiger partial charge is 0.276 e. The Kier molecular flexibility index (Phi) is 6.73. The van der Waals surface area contributed by atoms with Crippen LogP contribution in [0.15, 0.2) is 48.5 Å². The fraction of sp³-hybridized carbons (Fsp3) is 0.158. The number of halogens is 1. The molecule has 2 N–H and O–H groups in total. The Hall–Kier alpha value is -3.35. The normalized spacial score (nSPS) is 10.4. The molecule has 2 aromatic rings. The molecule has 0 saturated heterocycles. The molecule has 0 aromatic heterocycles. The van der Waals surface area contributed by atoms with E-state index < -0.39 is 24.2 Å². The van der Waals surface area contributed by atoms with Crippen molar-refractivity contribution >= 4 is 17.9 Å². The van der Waals surface area contributed by atoms with Crippen molar-refractivity contribution in [3.63, 3.8) is 0 Å². The Labute approximate surface area is 150 Å². The molecule has 0 fully saturated rings. The fourth-order valence-electron chi connectivity index (χ4n) is 2.06. The Morgan fingerprint density at radius 2 is 1.88 bits per heavy atom. The van der Waals surface area contributed by atoms with E-state index in [9.17, 15) is 14.0 Å². The number of aryl methyl sites for hydroxylation is 1. The average Bonchev–Trinajstić information content (AvgIpc) is 2.64. The second-order valence-corrected chi connectivity index (χ2v) is 5.34.